The van der Waals surface area contributed by atoms with Gasteiger partial charge >= 0.3 is 5.97 Å². The number of ether oxygens (including phenoxy) is 1. The van der Waals surface area contributed by atoms with Gasteiger partial charge < -0.3 is 4.74 Å². The van der Waals surface area contributed by atoms with Gasteiger partial charge in [-0.15, -0.1) is 0 Å². The summed E-state index contributed by atoms with van der Waals surface area (Å²) in [5.74, 6) is -0.138. The zero-order chi connectivity index (χ0) is 18.1. The van der Waals surface area contributed by atoms with E-state index in [1.807, 2.05) is 55.5 Å². The molecule has 0 unspecified atom stereocenters. The summed E-state index contributed by atoms with van der Waals surface area (Å²) in [5.41, 5.74) is 2.38. The summed E-state index contributed by atoms with van der Waals surface area (Å²) < 4.78 is 5.00. The van der Waals surface area contributed by atoms with Crippen molar-refractivity contribution in [2.75, 3.05) is 13.2 Å². The van der Waals surface area contributed by atoms with Crippen LogP contribution in [-0.4, -0.2) is 24.0 Å². The Kier molecular flexibility index (Phi) is 8.26. The molecule has 2 aromatic carbocycles. The molecule has 2 rings (SSSR count). The van der Waals surface area contributed by atoms with Crippen LogP contribution in [0.3, 0.4) is 0 Å². The van der Waals surface area contributed by atoms with E-state index in [1.54, 1.807) is 0 Å². The van der Waals surface area contributed by atoms with E-state index in [1.165, 1.54) is 11.1 Å². The Morgan fingerprint density at radius 1 is 0.920 bits per heavy atom. The first-order valence-corrected chi connectivity index (χ1v) is 9.19. The van der Waals surface area contributed by atoms with Crippen LogP contribution in [0.15, 0.2) is 48.5 Å². The minimum atomic E-state index is -0.138. The van der Waals surface area contributed by atoms with Crippen LogP contribution < -0.4 is 0 Å². The van der Waals surface area contributed by atoms with Crippen LogP contribution in [0.2, 0.25) is 10.0 Å². The Balaban J connectivity index is 1.97. The van der Waals surface area contributed by atoms with Crippen LogP contribution in [0.4, 0.5) is 0 Å². The van der Waals surface area contributed by atoms with Crippen molar-refractivity contribution in [2.24, 2.45) is 0 Å². The Labute approximate surface area is 159 Å². The fraction of sp³-hybridized carbons (Fsp3) is 0.350. The van der Waals surface area contributed by atoms with Gasteiger partial charge in [0, 0.05) is 29.6 Å². The molecule has 0 aliphatic carbocycles. The summed E-state index contributed by atoms with van der Waals surface area (Å²) in [4.78, 5) is 13.9. The molecular weight excluding hydrogens is 357 g/mol. The predicted octanol–water partition coefficient (Wildman–Crippen LogP) is 5.34. The normalized spacial score (nSPS) is 10.9. The van der Waals surface area contributed by atoms with E-state index < -0.39 is 0 Å². The monoisotopic (exact) mass is 379 g/mol. The molecule has 0 saturated carbocycles. The highest BCUT2D eigenvalue weighted by molar-refractivity contribution is 6.30. The number of hydrogen-bond acceptors (Lipinski definition) is 3. The van der Waals surface area contributed by atoms with Gasteiger partial charge in [-0.2, -0.15) is 0 Å². The van der Waals surface area contributed by atoms with Crippen LogP contribution in [0.5, 0.6) is 0 Å². The molecule has 0 heterocycles. The first-order valence-electron chi connectivity index (χ1n) is 8.43. The molecule has 0 spiro atoms. The third-order valence-corrected chi connectivity index (χ3v) is 4.30. The number of carbonyl (C=O) groups excluding carboxylic acids is 1. The molecule has 25 heavy (non-hydrogen) atoms. The molecular formula is C20H23Cl2NO2. The van der Waals surface area contributed by atoms with Gasteiger partial charge in [-0.3, -0.25) is 9.69 Å². The summed E-state index contributed by atoms with van der Waals surface area (Å²) in [6.07, 6.45) is 1.20. The summed E-state index contributed by atoms with van der Waals surface area (Å²) >= 11 is 11.9. The zero-order valence-corrected chi connectivity index (χ0v) is 15.9. The maximum atomic E-state index is 11.5. The molecule has 2 aromatic rings. The van der Waals surface area contributed by atoms with Crippen molar-refractivity contribution < 1.29 is 9.53 Å². The number of halogens is 2. The summed E-state index contributed by atoms with van der Waals surface area (Å²) in [6.45, 7) is 4.65. The van der Waals surface area contributed by atoms with E-state index in [2.05, 4.69) is 4.90 Å². The summed E-state index contributed by atoms with van der Waals surface area (Å²) in [7, 11) is 0. The van der Waals surface area contributed by atoms with E-state index in [9.17, 15) is 4.79 Å². The average molecular weight is 380 g/mol. The summed E-state index contributed by atoms with van der Waals surface area (Å²) in [6, 6.07) is 15.7. The number of carbonyl (C=O) groups is 1. The van der Waals surface area contributed by atoms with Crippen LogP contribution in [0.1, 0.15) is 30.9 Å². The zero-order valence-electron chi connectivity index (χ0n) is 14.4. The van der Waals surface area contributed by atoms with Crippen molar-refractivity contribution in [3.8, 4) is 0 Å². The fourth-order valence-electron chi connectivity index (χ4n) is 2.59. The quantitative estimate of drug-likeness (QED) is 0.550. The molecule has 0 aliphatic heterocycles. The van der Waals surface area contributed by atoms with Gasteiger partial charge in [0.1, 0.15) is 0 Å². The Bertz CT molecular complexity index is 609. The minimum Gasteiger partial charge on any atom is -0.466 e. The fourth-order valence-corrected chi connectivity index (χ4v) is 2.84. The maximum Gasteiger partial charge on any atom is 0.305 e. The molecule has 0 aliphatic rings. The topological polar surface area (TPSA) is 29.5 Å². The Hall–Kier alpha value is -1.55. The highest BCUT2D eigenvalue weighted by Gasteiger charge is 2.10. The van der Waals surface area contributed by atoms with Gasteiger partial charge in [-0.05, 0) is 55.3 Å². The van der Waals surface area contributed by atoms with Crippen molar-refractivity contribution >= 4 is 29.2 Å². The van der Waals surface area contributed by atoms with Crippen LogP contribution >= 0.6 is 23.2 Å². The molecule has 134 valence electrons. The summed E-state index contributed by atoms with van der Waals surface area (Å²) in [5, 5.41) is 1.46. The van der Waals surface area contributed by atoms with Gasteiger partial charge in [0.05, 0.1) is 6.61 Å². The Morgan fingerprint density at radius 2 is 1.40 bits per heavy atom. The highest BCUT2D eigenvalue weighted by Crippen LogP contribution is 2.16. The average Bonchev–Trinajstić information content (AvgIpc) is 2.59. The molecule has 5 heteroatoms. The van der Waals surface area contributed by atoms with E-state index in [-0.39, 0.29) is 5.97 Å². The second kappa shape index (κ2) is 10.4. The standard InChI is InChI=1S/C20H23Cl2NO2/c1-2-25-20(24)4-3-13-23(14-16-5-9-18(21)10-6-16)15-17-7-11-19(22)12-8-17/h5-12H,2-4,13-15H2,1H3. The van der Waals surface area contributed by atoms with E-state index >= 15 is 0 Å². The molecule has 0 amide bonds. The second-order valence-corrected chi connectivity index (χ2v) is 6.75. The number of rotatable bonds is 9. The van der Waals surface area contributed by atoms with Gasteiger partial charge in [0.25, 0.3) is 0 Å². The van der Waals surface area contributed by atoms with Gasteiger partial charge in [0.15, 0.2) is 0 Å². The van der Waals surface area contributed by atoms with Crippen LogP contribution in [-0.2, 0) is 22.6 Å². The number of benzene rings is 2. The smallest absolute Gasteiger partial charge is 0.305 e. The maximum absolute atomic E-state index is 11.5. The van der Waals surface area contributed by atoms with Gasteiger partial charge in [-0.1, -0.05) is 47.5 Å². The third kappa shape index (κ3) is 7.47. The van der Waals surface area contributed by atoms with Crippen molar-refractivity contribution in [2.45, 2.75) is 32.9 Å². The SMILES string of the molecule is CCOC(=O)CCCN(Cc1ccc(Cl)cc1)Cc1ccc(Cl)cc1. The minimum absolute atomic E-state index is 0.138. The molecule has 0 radical (unpaired) electrons. The van der Waals surface area contributed by atoms with Crippen LogP contribution in [0.25, 0.3) is 0 Å². The lowest BCUT2D eigenvalue weighted by Crippen LogP contribution is -2.24. The second-order valence-electron chi connectivity index (χ2n) is 5.87. The molecule has 0 atom stereocenters. The van der Waals surface area contributed by atoms with E-state index in [0.29, 0.717) is 13.0 Å². The van der Waals surface area contributed by atoms with Crippen molar-refractivity contribution in [3.05, 3.63) is 69.7 Å². The van der Waals surface area contributed by atoms with E-state index in [0.717, 1.165) is 36.1 Å². The molecule has 0 saturated heterocycles. The third-order valence-electron chi connectivity index (χ3n) is 3.80. The predicted molar refractivity (Wildman–Crippen MR) is 103 cm³/mol. The molecule has 0 bridgehead atoms. The molecule has 0 N–H and O–H groups in total. The van der Waals surface area contributed by atoms with Gasteiger partial charge in [-0.25, -0.2) is 0 Å². The van der Waals surface area contributed by atoms with Crippen molar-refractivity contribution in [1.82, 2.24) is 4.90 Å². The largest absolute Gasteiger partial charge is 0.466 e. The number of esters is 1. The molecule has 3 nitrogen and oxygen atoms in total. The number of nitrogens with zero attached hydrogens (tertiary/aromatic N) is 1. The first kappa shape index (κ1) is 19.8. The lowest BCUT2D eigenvalue weighted by molar-refractivity contribution is -0.143. The lowest BCUT2D eigenvalue weighted by atomic mass is 10.1. The first-order chi connectivity index (χ1) is 12.1. The van der Waals surface area contributed by atoms with Gasteiger partial charge in [0.2, 0.25) is 0 Å². The Morgan fingerprint density at radius 3 is 1.84 bits per heavy atom. The molecule has 0 fully saturated rings. The number of hydrogen-bond donors (Lipinski definition) is 0. The van der Waals surface area contributed by atoms with Crippen molar-refractivity contribution in [3.63, 3.8) is 0 Å². The highest BCUT2D eigenvalue weighted by atomic mass is 35.5. The van der Waals surface area contributed by atoms with Crippen LogP contribution in [0, 0.1) is 0 Å². The van der Waals surface area contributed by atoms with E-state index in [4.69, 9.17) is 27.9 Å². The van der Waals surface area contributed by atoms with Crippen molar-refractivity contribution in [1.29, 1.82) is 0 Å². The molecule has 0 aromatic heterocycles. The lowest BCUT2D eigenvalue weighted by Gasteiger charge is -2.22.